The number of halogens is 1. The van der Waals surface area contributed by atoms with Crippen molar-refractivity contribution < 1.29 is 23.6 Å². The molecule has 272 valence electrons. The highest BCUT2D eigenvalue weighted by atomic mass is 19.1. The molecule has 1 atom stereocenters. The van der Waals surface area contributed by atoms with Crippen LogP contribution in [0.5, 0.6) is 0 Å². The number of likely N-dealkylation sites (tertiary alicyclic amines) is 1. The molecule has 3 N–H and O–H groups in total. The minimum Gasteiger partial charge on any atom is -0.374 e. The molecule has 0 bridgehead atoms. The fourth-order valence-electron chi connectivity index (χ4n) is 6.50. The van der Waals surface area contributed by atoms with Crippen molar-refractivity contribution in [3.05, 3.63) is 76.4 Å². The number of nitrogens with zero attached hydrogens (tertiary/aromatic N) is 6. The summed E-state index contributed by atoms with van der Waals surface area (Å²) < 4.78 is 15.4. The van der Waals surface area contributed by atoms with Gasteiger partial charge in [-0.15, -0.1) is 0 Å². The summed E-state index contributed by atoms with van der Waals surface area (Å²) >= 11 is 0. The molecule has 2 fully saturated rings. The van der Waals surface area contributed by atoms with E-state index in [1.807, 2.05) is 24.8 Å². The topological polar surface area (TPSA) is 151 Å². The Hall–Kier alpha value is -5.08. The average molecular weight is 702 g/mol. The van der Waals surface area contributed by atoms with Gasteiger partial charge in [0, 0.05) is 67.2 Å². The lowest BCUT2D eigenvalue weighted by Crippen LogP contribution is -2.51. The Morgan fingerprint density at radius 1 is 1.14 bits per heavy atom. The number of piperazine rings is 1. The number of anilines is 1. The second-order valence-corrected chi connectivity index (χ2v) is 12.8. The monoisotopic (exact) mass is 701 g/mol. The van der Waals surface area contributed by atoms with E-state index >= 15 is 4.39 Å². The van der Waals surface area contributed by atoms with Crippen molar-refractivity contribution in [1.29, 1.82) is 0 Å². The third-order valence-electron chi connectivity index (χ3n) is 9.25. The van der Waals surface area contributed by atoms with Crippen LogP contribution in [0.2, 0.25) is 0 Å². The molecule has 0 aliphatic carbocycles. The van der Waals surface area contributed by atoms with Crippen molar-refractivity contribution in [2.45, 2.75) is 51.5 Å². The maximum atomic E-state index is 15.4. The van der Waals surface area contributed by atoms with Gasteiger partial charge >= 0.3 is 0 Å². The molecule has 51 heavy (non-hydrogen) atoms. The molecule has 3 aliphatic rings. The molecule has 4 rings (SSSR count). The summed E-state index contributed by atoms with van der Waals surface area (Å²) in [6, 6.07) is 2.65. The number of amides is 3. The molecule has 1 aromatic rings. The minimum absolute atomic E-state index is 0.0358. The lowest BCUT2D eigenvalue weighted by molar-refractivity contribution is -0.134. The molecule has 0 spiro atoms. The fraction of sp³-hybridized carbons (Fsp3) is 0.432. The van der Waals surface area contributed by atoms with Crippen LogP contribution >= 0.6 is 0 Å². The summed E-state index contributed by atoms with van der Waals surface area (Å²) in [7, 11) is 0. The minimum atomic E-state index is -0.634. The average Bonchev–Trinajstić information content (AvgIpc) is 3.10. The number of hydrogen-bond acceptors (Lipinski definition) is 11. The first-order valence-electron chi connectivity index (χ1n) is 17.2. The highest BCUT2D eigenvalue weighted by Gasteiger charge is 2.28. The normalized spacial score (nSPS) is 21.3. The highest BCUT2D eigenvalue weighted by Crippen LogP contribution is 2.34. The Kier molecular flexibility index (Phi) is 14.7. The summed E-state index contributed by atoms with van der Waals surface area (Å²) in [5, 5.41) is 9.34. The second kappa shape index (κ2) is 19.3. The number of carbonyl (C=O) groups excluding carboxylic acids is 4. The van der Waals surface area contributed by atoms with E-state index in [1.54, 1.807) is 24.7 Å². The number of aliphatic imine (C=N–C) groups is 2. The van der Waals surface area contributed by atoms with Gasteiger partial charge in [-0.1, -0.05) is 19.9 Å². The Bertz CT molecular complexity index is 1590. The number of aryl methyl sites for hydroxylation is 1. The lowest BCUT2D eigenvalue weighted by Gasteiger charge is -2.37. The Labute approximate surface area is 298 Å². The third kappa shape index (κ3) is 11.0. The maximum Gasteiger partial charge on any atom is 0.248 e. The van der Waals surface area contributed by atoms with E-state index in [9.17, 15) is 19.2 Å². The smallest absolute Gasteiger partial charge is 0.248 e. The largest absolute Gasteiger partial charge is 0.374 e. The molecule has 14 heteroatoms. The second-order valence-electron chi connectivity index (χ2n) is 12.8. The molecule has 2 saturated heterocycles. The number of rotatable bonds is 15. The van der Waals surface area contributed by atoms with Crippen LogP contribution in [0.15, 0.2) is 74.6 Å². The van der Waals surface area contributed by atoms with Crippen LogP contribution in [0.3, 0.4) is 0 Å². The van der Waals surface area contributed by atoms with Crippen LogP contribution < -0.4 is 16.1 Å². The number of carbonyl (C=O) groups is 4. The van der Waals surface area contributed by atoms with Gasteiger partial charge in [0.15, 0.2) is 6.29 Å². The number of allylic oxidation sites excluding steroid dienone is 5. The summed E-state index contributed by atoms with van der Waals surface area (Å²) in [6.07, 6.45) is 11.8. The number of benzene rings is 1. The number of imide groups is 1. The van der Waals surface area contributed by atoms with Gasteiger partial charge in [0.1, 0.15) is 11.9 Å². The summed E-state index contributed by atoms with van der Waals surface area (Å²) in [5.74, 6) is -0.634. The van der Waals surface area contributed by atoms with Gasteiger partial charge in [0.2, 0.25) is 18.2 Å². The molecular weight excluding hydrogens is 653 g/mol. The zero-order chi connectivity index (χ0) is 36.8. The van der Waals surface area contributed by atoms with E-state index in [4.69, 9.17) is 0 Å². The van der Waals surface area contributed by atoms with Gasteiger partial charge in [0.25, 0.3) is 0 Å². The van der Waals surface area contributed by atoms with Crippen molar-refractivity contribution in [2.75, 3.05) is 57.8 Å². The molecule has 0 radical (unpaired) electrons. The number of piperidine rings is 1. The summed E-state index contributed by atoms with van der Waals surface area (Å²) in [6.45, 7) is 16.1. The van der Waals surface area contributed by atoms with Crippen LogP contribution in [0.25, 0.3) is 0 Å². The van der Waals surface area contributed by atoms with E-state index in [2.05, 4.69) is 54.2 Å². The molecule has 3 heterocycles. The van der Waals surface area contributed by atoms with E-state index < -0.39 is 11.9 Å². The molecule has 3 aliphatic heterocycles. The first-order chi connectivity index (χ1) is 24.7. The third-order valence-corrected chi connectivity index (χ3v) is 9.25. The van der Waals surface area contributed by atoms with Gasteiger partial charge in [-0.3, -0.25) is 49.7 Å². The van der Waals surface area contributed by atoms with E-state index in [0.29, 0.717) is 105 Å². The molecule has 3 amide bonds. The summed E-state index contributed by atoms with van der Waals surface area (Å²) in [5.41, 5.74) is 6.93. The van der Waals surface area contributed by atoms with Gasteiger partial charge < -0.3 is 10.2 Å². The quantitative estimate of drug-likeness (QED) is 0.187. The predicted octanol–water partition coefficient (Wildman–Crippen LogP) is 3.08. The number of hydrazone groups is 1. The van der Waals surface area contributed by atoms with Crippen LogP contribution in [0.1, 0.15) is 49.7 Å². The highest BCUT2D eigenvalue weighted by molar-refractivity contribution is 6.00. The Morgan fingerprint density at radius 2 is 1.88 bits per heavy atom. The Balaban J connectivity index is 1.24. The molecule has 1 aromatic carbocycles. The van der Waals surface area contributed by atoms with Crippen molar-refractivity contribution >= 4 is 49.3 Å². The first kappa shape index (κ1) is 38.7. The van der Waals surface area contributed by atoms with Crippen molar-refractivity contribution in [3.8, 4) is 0 Å². The Morgan fingerprint density at radius 3 is 2.53 bits per heavy atom. The molecule has 0 aromatic heterocycles. The summed E-state index contributed by atoms with van der Waals surface area (Å²) in [4.78, 5) is 62.2. The van der Waals surface area contributed by atoms with Crippen LogP contribution in [-0.4, -0.2) is 117 Å². The van der Waals surface area contributed by atoms with E-state index in [0.717, 1.165) is 24.8 Å². The van der Waals surface area contributed by atoms with E-state index in [-0.39, 0.29) is 17.6 Å². The zero-order valence-electron chi connectivity index (χ0n) is 29.4. The van der Waals surface area contributed by atoms with Crippen LogP contribution in [0, 0.1) is 12.7 Å². The van der Waals surface area contributed by atoms with Crippen LogP contribution in [-0.2, 0) is 19.2 Å². The standard InChI is InChI=1S/C37H48FN9O4/c1-5-6-34(37(51)41-25-49)44-32-16-27(3)36(33(38)17-32)28-7-9-45(10-8-28)22-35(50)47-13-11-46(12-14-47)24-40-19-30(18-39-4)29-15-26(2)31(23-48)21-43-42-20-29/h15-21,23,25,28,34,43-44H,2,4-14,22,24H2,1,3H3,(H,41,49,51)/b29-15+,30-18+,31-21-,40-19-,42-20-. The van der Waals surface area contributed by atoms with Gasteiger partial charge in [-0.05, 0) is 86.8 Å². The number of aldehydes is 1. The van der Waals surface area contributed by atoms with Crippen molar-refractivity contribution in [1.82, 2.24) is 25.4 Å². The van der Waals surface area contributed by atoms with Crippen molar-refractivity contribution in [3.63, 3.8) is 0 Å². The number of nitrogens with one attached hydrogen (secondary N) is 3. The SMILES string of the molecule is C=N/C=C(\C=N/CN1CCN(C(=O)CN2CCC(c3c(C)cc(NC(CCC)C(=O)NC=O)cc3F)CC2)CC1)C1=C/C(=C)/C(C=O)=C\N/N=C\1. The van der Waals surface area contributed by atoms with Crippen molar-refractivity contribution in [2.24, 2.45) is 15.1 Å². The van der Waals surface area contributed by atoms with Gasteiger partial charge in [-0.25, -0.2) is 4.39 Å². The van der Waals surface area contributed by atoms with Gasteiger partial charge in [0.05, 0.1) is 19.4 Å². The molecule has 1 unspecified atom stereocenters. The lowest BCUT2D eigenvalue weighted by atomic mass is 9.86. The number of hydrogen-bond donors (Lipinski definition) is 3. The molecule has 13 nitrogen and oxygen atoms in total. The predicted molar refractivity (Wildman–Crippen MR) is 198 cm³/mol. The van der Waals surface area contributed by atoms with Gasteiger partial charge in [-0.2, -0.15) is 5.10 Å². The molecule has 0 saturated carbocycles. The maximum absolute atomic E-state index is 15.4. The van der Waals surface area contributed by atoms with E-state index in [1.165, 1.54) is 12.3 Å². The van der Waals surface area contributed by atoms with Crippen LogP contribution in [0.4, 0.5) is 10.1 Å². The first-order valence-corrected chi connectivity index (χ1v) is 17.2. The zero-order valence-corrected chi connectivity index (χ0v) is 29.4. The fourth-order valence-corrected chi connectivity index (χ4v) is 6.50. The molecular formula is C37H48FN9O4.